The zero-order chi connectivity index (χ0) is 28.0. The zero-order valence-corrected chi connectivity index (χ0v) is 22.7. The van der Waals surface area contributed by atoms with Crippen molar-refractivity contribution < 1.29 is 13.2 Å². The SMILES string of the molecule is CC(C)(C)NS(=O)(=O)c1ccccc1-c1ccc(NC(=O)C=C(Cn2cccn2)c2cccc(C#N)c2)cc1. The summed E-state index contributed by atoms with van der Waals surface area (Å²) in [6, 6.07) is 24.8. The molecule has 0 saturated carbocycles. The second-order valence-corrected chi connectivity index (χ2v) is 11.6. The largest absolute Gasteiger partial charge is 0.323 e. The molecule has 0 spiro atoms. The number of hydrogen-bond acceptors (Lipinski definition) is 5. The van der Waals surface area contributed by atoms with Crippen molar-refractivity contribution in [2.45, 2.75) is 37.8 Å². The van der Waals surface area contributed by atoms with Crippen molar-refractivity contribution in [2.24, 2.45) is 0 Å². The van der Waals surface area contributed by atoms with E-state index in [1.807, 2.05) is 6.07 Å². The summed E-state index contributed by atoms with van der Waals surface area (Å²) in [6.07, 6.45) is 4.95. The van der Waals surface area contributed by atoms with Crippen LogP contribution >= 0.6 is 0 Å². The number of hydrogen-bond donors (Lipinski definition) is 2. The van der Waals surface area contributed by atoms with Gasteiger partial charge in [0.15, 0.2) is 0 Å². The molecule has 0 aliphatic rings. The Balaban J connectivity index is 1.58. The van der Waals surface area contributed by atoms with E-state index in [1.165, 1.54) is 6.08 Å². The Morgan fingerprint density at radius 1 is 1.03 bits per heavy atom. The van der Waals surface area contributed by atoms with Crippen LogP contribution < -0.4 is 10.0 Å². The molecule has 4 aromatic rings. The van der Waals surface area contributed by atoms with Crippen LogP contribution in [0.2, 0.25) is 0 Å². The Kier molecular flexibility index (Phi) is 8.10. The van der Waals surface area contributed by atoms with Crippen LogP contribution in [0, 0.1) is 11.3 Å². The lowest BCUT2D eigenvalue weighted by Gasteiger charge is -2.21. The second kappa shape index (κ2) is 11.5. The molecular weight excluding hydrogens is 510 g/mol. The summed E-state index contributed by atoms with van der Waals surface area (Å²) in [4.78, 5) is 13.2. The lowest BCUT2D eigenvalue weighted by Crippen LogP contribution is -2.40. The summed E-state index contributed by atoms with van der Waals surface area (Å²) in [6.45, 7) is 5.72. The molecule has 39 heavy (non-hydrogen) atoms. The van der Waals surface area contributed by atoms with Gasteiger partial charge < -0.3 is 5.32 Å². The number of nitrogens with zero attached hydrogens (tertiary/aromatic N) is 3. The zero-order valence-electron chi connectivity index (χ0n) is 21.9. The molecule has 9 heteroatoms. The van der Waals surface area contributed by atoms with Gasteiger partial charge in [0.05, 0.1) is 23.1 Å². The molecule has 0 radical (unpaired) electrons. The number of nitriles is 1. The molecule has 3 aromatic carbocycles. The van der Waals surface area contributed by atoms with Crippen molar-refractivity contribution >= 4 is 27.2 Å². The smallest absolute Gasteiger partial charge is 0.248 e. The fourth-order valence-corrected chi connectivity index (χ4v) is 5.69. The third-order valence-corrected chi connectivity index (χ3v) is 7.46. The third kappa shape index (κ3) is 7.29. The normalized spacial score (nSPS) is 12.1. The second-order valence-electron chi connectivity index (χ2n) is 9.98. The summed E-state index contributed by atoms with van der Waals surface area (Å²) in [5.41, 5.74) is 3.12. The van der Waals surface area contributed by atoms with Gasteiger partial charge in [-0.1, -0.05) is 42.5 Å². The average molecular weight is 540 g/mol. The van der Waals surface area contributed by atoms with Crippen LogP contribution in [0.25, 0.3) is 16.7 Å². The van der Waals surface area contributed by atoms with E-state index >= 15 is 0 Å². The summed E-state index contributed by atoms with van der Waals surface area (Å²) in [5, 5.41) is 16.4. The molecule has 0 fully saturated rings. The highest BCUT2D eigenvalue weighted by Crippen LogP contribution is 2.29. The van der Waals surface area contributed by atoms with Gasteiger partial charge in [0.2, 0.25) is 15.9 Å². The number of rotatable bonds is 8. The predicted molar refractivity (Wildman–Crippen MR) is 152 cm³/mol. The number of aromatic nitrogens is 2. The Morgan fingerprint density at radius 2 is 1.77 bits per heavy atom. The number of sulfonamides is 1. The number of carbonyl (C=O) groups excluding carboxylic acids is 1. The highest BCUT2D eigenvalue weighted by molar-refractivity contribution is 7.89. The molecule has 1 amide bonds. The molecule has 0 aliphatic carbocycles. The molecule has 1 aromatic heterocycles. The quantitative estimate of drug-likeness (QED) is 0.298. The monoisotopic (exact) mass is 539 g/mol. The van der Waals surface area contributed by atoms with E-state index in [9.17, 15) is 18.5 Å². The van der Waals surface area contributed by atoms with Crippen LogP contribution in [0.15, 0.2) is 102 Å². The Labute approximate surface area is 228 Å². The van der Waals surface area contributed by atoms with Gasteiger partial charge in [-0.3, -0.25) is 9.48 Å². The van der Waals surface area contributed by atoms with Crippen LogP contribution in [0.4, 0.5) is 5.69 Å². The highest BCUT2D eigenvalue weighted by atomic mass is 32.2. The number of carbonyl (C=O) groups is 1. The molecule has 0 atom stereocenters. The minimum atomic E-state index is -3.75. The lowest BCUT2D eigenvalue weighted by molar-refractivity contribution is -0.111. The van der Waals surface area contributed by atoms with Gasteiger partial charge in [-0.05, 0) is 73.9 Å². The highest BCUT2D eigenvalue weighted by Gasteiger charge is 2.24. The van der Waals surface area contributed by atoms with E-state index in [-0.39, 0.29) is 10.8 Å². The Morgan fingerprint density at radius 3 is 2.44 bits per heavy atom. The van der Waals surface area contributed by atoms with Gasteiger partial charge in [0.1, 0.15) is 0 Å². The maximum Gasteiger partial charge on any atom is 0.248 e. The summed E-state index contributed by atoms with van der Waals surface area (Å²) >= 11 is 0. The van der Waals surface area contributed by atoms with Crippen LogP contribution in [0.1, 0.15) is 31.9 Å². The predicted octanol–water partition coefficient (Wildman–Crippen LogP) is 5.22. The van der Waals surface area contributed by atoms with E-state index in [4.69, 9.17) is 0 Å². The van der Waals surface area contributed by atoms with Crippen molar-refractivity contribution in [3.63, 3.8) is 0 Å². The molecule has 2 N–H and O–H groups in total. The number of nitrogens with one attached hydrogen (secondary N) is 2. The number of amides is 1. The maximum atomic E-state index is 13.0. The van der Waals surface area contributed by atoms with Crippen LogP contribution in [0.3, 0.4) is 0 Å². The van der Waals surface area contributed by atoms with E-state index in [0.717, 1.165) is 5.56 Å². The van der Waals surface area contributed by atoms with E-state index < -0.39 is 15.6 Å². The maximum absolute atomic E-state index is 13.0. The van der Waals surface area contributed by atoms with Gasteiger partial charge in [-0.15, -0.1) is 0 Å². The Bertz CT molecular complexity index is 1640. The van der Waals surface area contributed by atoms with Gasteiger partial charge >= 0.3 is 0 Å². The van der Waals surface area contributed by atoms with Crippen molar-refractivity contribution in [3.05, 3.63) is 108 Å². The van der Waals surface area contributed by atoms with Crippen LogP contribution in [0.5, 0.6) is 0 Å². The molecule has 4 rings (SSSR count). The molecule has 0 saturated heterocycles. The summed E-state index contributed by atoms with van der Waals surface area (Å²) in [5.74, 6) is -0.343. The fraction of sp³-hybridized carbons (Fsp3) is 0.167. The van der Waals surface area contributed by atoms with Gasteiger partial charge in [-0.2, -0.15) is 10.4 Å². The van der Waals surface area contributed by atoms with E-state index in [0.29, 0.717) is 34.5 Å². The molecular formula is C30H29N5O3S. The summed E-state index contributed by atoms with van der Waals surface area (Å²) < 4.78 is 30.5. The van der Waals surface area contributed by atoms with Crippen LogP contribution in [-0.4, -0.2) is 29.6 Å². The van der Waals surface area contributed by atoms with E-state index in [1.54, 1.807) is 111 Å². The van der Waals surface area contributed by atoms with Crippen molar-refractivity contribution in [2.75, 3.05) is 5.32 Å². The molecule has 198 valence electrons. The molecule has 1 heterocycles. The minimum absolute atomic E-state index is 0.183. The fourth-order valence-electron chi connectivity index (χ4n) is 4.04. The summed E-state index contributed by atoms with van der Waals surface area (Å²) in [7, 11) is -3.75. The van der Waals surface area contributed by atoms with E-state index in [2.05, 4.69) is 21.2 Å². The Hall–Kier alpha value is -4.52. The minimum Gasteiger partial charge on any atom is -0.323 e. The average Bonchev–Trinajstić information content (AvgIpc) is 3.41. The topological polar surface area (TPSA) is 117 Å². The van der Waals surface area contributed by atoms with Crippen molar-refractivity contribution in [1.29, 1.82) is 5.26 Å². The standard InChI is InChI=1S/C30H29N5O3S/c1-30(2,3)34-39(37,38)28-11-5-4-10-27(28)23-12-14-26(15-13-23)33-29(36)19-25(21-35-17-7-16-32-35)24-9-6-8-22(18-24)20-31/h4-19,34H,21H2,1-3H3,(H,33,36). The van der Waals surface area contributed by atoms with Gasteiger partial charge in [-0.25, -0.2) is 13.1 Å². The first kappa shape index (κ1) is 27.5. The number of benzene rings is 3. The van der Waals surface area contributed by atoms with Crippen molar-refractivity contribution in [1.82, 2.24) is 14.5 Å². The first-order valence-electron chi connectivity index (χ1n) is 12.3. The number of allylic oxidation sites excluding steroid dienone is 1. The third-order valence-electron chi connectivity index (χ3n) is 5.64. The van der Waals surface area contributed by atoms with Crippen LogP contribution in [-0.2, 0) is 21.4 Å². The molecule has 0 bridgehead atoms. The lowest BCUT2D eigenvalue weighted by atomic mass is 10.0. The van der Waals surface area contributed by atoms with Gasteiger partial charge in [0.25, 0.3) is 0 Å². The van der Waals surface area contributed by atoms with Gasteiger partial charge in [0, 0.05) is 35.3 Å². The molecule has 8 nitrogen and oxygen atoms in total. The van der Waals surface area contributed by atoms with Crippen molar-refractivity contribution in [3.8, 4) is 17.2 Å². The first-order valence-corrected chi connectivity index (χ1v) is 13.8. The molecule has 0 aliphatic heterocycles. The first-order chi connectivity index (χ1) is 18.5. The molecule has 0 unspecified atom stereocenters. The number of anilines is 1.